The molecule has 1 aromatic heterocycles. The molecule has 0 aliphatic carbocycles. The van der Waals surface area contributed by atoms with Crippen molar-refractivity contribution in [2.24, 2.45) is 0 Å². The molecule has 0 bridgehead atoms. The number of hydrogen-bond donors (Lipinski definition) is 0. The molecular formula is C18H23N5O4. The zero-order valence-corrected chi connectivity index (χ0v) is 15.3. The van der Waals surface area contributed by atoms with Gasteiger partial charge in [-0.25, -0.2) is 4.79 Å². The number of carbonyl (C=O) groups excluding carboxylic acids is 1. The van der Waals surface area contributed by atoms with Crippen molar-refractivity contribution in [3.05, 3.63) is 24.3 Å². The predicted octanol–water partition coefficient (Wildman–Crippen LogP) is 1.44. The van der Waals surface area contributed by atoms with Gasteiger partial charge in [-0.15, -0.1) is 5.10 Å². The van der Waals surface area contributed by atoms with E-state index in [-0.39, 0.29) is 11.8 Å². The minimum atomic E-state index is -0.380. The Bertz CT molecular complexity index is 775. The van der Waals surface area contributed by atoms with Gasteiger partial charge >= 0.3 is 5.97 Å². The van der Waals surface area contributed by atoms with Crippen LogP contribution in [0.2, 0.25) is 0 Å². The Balaban J connectivity index is 1.38. The van der Waals surface area contributed by atoms with Crippen molar-refractivity contribution in [3.8, 4) is 11.4 Å². The third kappa shape index (κ3) is 3.93. The number of benzene rings is 1. The summed E-state index contributed by atoms with van der Waals surface area (Å²) < 4.78 is 11.6. The molecular weight excluding hydrogens is 350 g/mol. The number of tetrazole rings is 1. The van der Waals surface area contributed by atoms with E-state index in [1.54, 1.807) is 0 Å². The number of ether oxygens (including phenoxy) is 2. The minimum absolute atomic E-state index is 0.318. The lowest BCUT2D eigenvalue weighted by Gasteiger charge is -2.38. The van der Waals surface area contributed by atoms with Crippen LogP contribution in [0.1, 0.15) is 32.6 Å². The highest BCUT2D eigenvalue weighted by Gasteiger charge is 2.39. The van der Waals surface area contributed by atoms with Gasteiger partial charge in [0.1, 0.15) is 0 Å². The number of nitrogens with zero attached hydrogens (tertiary/aromatic N) is 5. The Hall–Kier alpha value is -2.52. The quantitative estimate of drug-likeness (QED) is 0.727. The van der Waals surface area contributed by atoms with E-state index in [1.807, 2.05) is 31.2 Å². The van der Waals surface area contributed by atoms with Gasteiger partial charge in [-0.1, -0.05) is 12.0 Å². The maximum absolute atomic E-state index is 11.5. The van der Waals surface area contributed by atoms with Crippen LogP contribution in [-0.2, 0) is 14.3 Å². The molecule has 2 aromatic rings. The zero-order valence-electron chi connectivity index (χ0n) is 15.3. The molecule has 3 heterocycles. The van der Waals surface area contributed by atoms with Crippen molar-refractivity contribution in [2.75, 3.05) is 31.2 Å². The molecule has 0 amide bonds. The van der Waals surface area contributed by atoms with Crippen LogP contribution < -0.4 is 9.74 Å². The highest BCUT2D eigenvalue weighted by molar-refractivity contribution is 5.69. The number of carbonyl (C=O) groups is 1. The molecule has 1 aromatic carbocycles. The summed E-state index contributed by atoms with van der Waals surface area (Å²) in [6.07, 6.45) is 2.76. The maximum atomic E-state index is 11.5. The van der Waals surface area contributed by atoms with Crippen molar-refractivity contribution in [1.82, 2.24) is 20.4 Å². The molecule has 2 saturated heterocycles. The van der Waals surface area contributed by atoms with Crippen LogP contribution in [0.5, 0.6) is 0 Å². The molecule has 2 fully saturated rings. The summed E-state index contributed by atoms with van der Waals surface area (Å²) in [4.78, 5) is 19.7. The fraction of sp³-hybridized carbons (Fsp3) is 0.556. The zero-order chi connectivity index (χ0) is 18.7. The molecule has 9 heteroatoms. The van der Waals surface area contributed by atoms with Gasteiger partial charge in [-0.3, -0.25) is 0 Å². The summed E-state index contributed by atoms with van der Waals surface area (Å²) in [5.41, 5.74) is 1.95. The lowest BCUT2D eigenvalue weighted by Crippen LogP contribution is -2.45. The normalized spacial score (nSPS) is 18.8. The van der Waals surface area contributed by atoms with Gasteiger partial charge < -0.3 is 19.2 Å². The number of hydrogen-bond acceptors (Lipinski definition) is 8. The topological polar surface area (TPSA) is 91.6 Å². The molecule has 4 rings (SSSR count). The highest BCUT2D eigenvalue weighted by atomic mass is 16.7. The molecule has 0 saturated carbocycles. The molecule has 2 aliphatic heterocycles. The summed E-state index contributed by atoms with van der Waals surface area (Å²) >= 11 is 0. The van der Waals surface area contributed by atoms with Gasteiger partial charge in [-0.2, -0.15) is 0 Å². The molecule has 144 valence electrons. The van der Waals surface area contributed by atoms with Crippen LogP contribution in [0, 0.1) is 0 Å². The molecule has 1 spiro atoms. The number of anilines is 1. The van der Waals surface area contributed by atoms with Crippen LogP contribution in [0.4, 0.5) is 5.69 Å². The van der Waals surface area contributed by atoms with Gasteiger partial charge in [0.2, 0.25) is 5.82 Å². The Morgan fingerprint density at radius 3 is 2.56 bits per heavy atom. The largest absolute Gasteiger partial charge is 0.371 e. The Morgan fingerprint density at radius 2 is 1.89 bits per heavy atom. The highest BCUT2D eigenvalue weighted by Crippen LogP contribution is 2.33. The van der Waals surface area contributed by atoms with Gasteiger partial charge in [0.05, 0.1) is 13.2 Å². The van der Waals surface area contributed by atoms with E-state index in [1.165, 1.54) is 0 Å². The van der Waals surface area contributed by atoms with Crippen LogP contribution >= 0.6 is 0 Å². The summed E-state index contributed by atoms with van der Waals surface area (Å²) in [7, 11) is 0. The van der Waals surface area contributed by atoms with Gasteiger partial charge in [0.15, 0.2) is 5.79 Å². The third-order valence-corrected chi connectivity index (χ3v) is 4.86. The fourth-order valence-corrected chi connectivity index (χ4v) is 3.41. The summed E-state index contributed by atoms with van der Waals surface area (Å²) in [5.74, 6) is -0.334. The van der Waals surface area contributed by atoms with E-state index in [9.17, 15) is 4.79 Å². The molecule has 27 heavy (non-hydrogen) atoms. The first-order valence-electron chi connectivity index (χ1n) is 9.32. The summed E-state index contributed by atoms with van der Waals surface area (Å²) in [6, 6.07) is 7.95. The molecule has 9 nitrogen and oxygen atoms in total. The predicted molar refractivity (Wildman–Crippen MR) is 95.8 cm³/mol. The average Bonchev–Trinajstić information content (AvgIpc) is 3.33. The summed E-state index contributed by atoms with van der Waals surface area (Å²) in [5, 5.41) is 11.8. The van der Waals surface area contributed by atoms with Crippen LogP contribution in [0.25, 0.3) is 11.4 Å². The molecule has 0 N–H and O–H groups in total. The van der Waals surface area contributed by atoms with E-state index in [4.69, 9.17) is 14.3 Å². The van der Waals surface area contributed by atoms with Crippen molar-refractivity contribution < 1.29 is 19.1 Å². The lowest BCUT2D eigenvalue weighted by atomic mass is 10.0. The van der Waals surface area contributed by atoms with Crippen molar-refractivity contribution >= 4 is 11.7 Å². The van der Waals surface area contributed by atoms with Gasteiger partial charge in [0.25, 0.3) is 0 Å². The first-order valence-corrected chi connectivity index (χ1v) is 9.32. The molecule has 0 radical (unpaired) electrons. The third-order valence-electron chi connectivity index (χ3n) is 4.86. The van der Waals surface area contributed by atoms with Crippen molar-refractivity contribution in [3.63, 3.8) is 0 Å². The second-order valence-electron chi connectivity index (χ2n) is 6.72. The number of rotatable bonds is 5. The average molecular weight is 373 g/mol. The fourth-order valence-electron chi connectivity index (χ4n) is 3.41. The number of aromatic nitrogens is 4. The second kappa shape index (κ2) is 7.61. The maximum Gasteiger partial charge on any atom is 0.336 e. The Kier molecular flexibility index (Phi) is 5.04. The second-order valence-corrected chi connectivity index (χ2v) is 6.72. The SMILES string of the molecule is CCCC(=O)On1nnc(-c2ccc(N3CCC4(CC3)OCCO4)cc2)n1. The number of piperidine rings is 1. The first kappa shape index (κ1) is 17.9. The van der Waals surface area contributed by atoms with Crippen LogP contribution in [-0.4, -0.2) is 58.4 Å². The molecule has 0 atom stereocenters. The van der Waals surface area contributed by atoms with Crippen molar-refractivity contribution in [2.45, 2.75) is 38.4 Å². The van der Waals surface area contributed by atoms with Gasteiger partial charge in [0, 0.05) is 48.6 Å². The first-order chi connectivity index (χ1) is 13.2. The van der Waals surface area contributed by atoms with E-state index >= 15 is 0 Å². The van der Waals surface area contributed by atoms with E-state index in [2.05, 4.69) is 20.3 Å². The summed E-state index contributed by atoms with van der Waals surface area (Å²) in [6.45, 7) is 5.06. The van der Waals surface area contributed by atoms with E-state index in [0.29, 0.717) is 31.9 Å². The van der Waals surface area contributed by atoms with Crippen molar-refractivity contribution in [1.29, 1.82) is 0 Å². The smallest absolute Gasteiger partial charge is 0.336 e. The van der Waals surface area contributed by atoms with Gasteiger partial charge in [-0.05, 0) is 35.9 Å². The van der Waals surface area contributed by atoms with Crippen LogP contribution in [0.15, 0.2) is 24.3 Å². The van der Waals surface area contributed by atoms with E-state index < -0.39 is 0 Å². The minimum Gasteiger partial charge on any atom is -0.371 e. The lowest BCUT2D eigenvalue weighted by molar-refractivity contribution is -0.169. The molecule has 2 aliphatic rings. The van der Waals surface area contributed by atoms with Crippen LogP contribution in [0.3, 0.4) is 0 Å². The Labute approximate surface area is 157 Å². The Morgan fingerprint density at radius 1 is 1.19 bits per heavy atom. The monoisotopic (exact) mass is 373 g/mol. The standard InChI is InChI=1S/C18H23N5O4/c1-2-3-16(24)27-23-20-17(19-21-23)14-4-6-15(7-5-14)22-10-8-18(9-11-22)25-12-13-26-18/h4-7H,2-3,8-13H2,1H3. The molecule has 0 unspecified atom stereocenters. The van der Waals surface area contributed by atoms with E-state index in [0.717, 1.165) is 42.1 Å².